The van der Waals surface area contributed by atoms with E-state index in [1.165, 1.54) is 6.07 Å². The van der Waals surface area contributed by atoms with E-state index in [2.05, 4.69) is 21.0 Å². The Balaban J connectivity index is 2.30. The molecular formula is C15H12BrFN2. The molecule has 0 atom stereocenters. The van der Waals surface area contributed by atoms with Gasteiger partial charge in [-0.3, -0.25) is 4.68 Å². The number of fused-ring (bicyclic) bond motifs is 1. The Morgan fingerprint density at radius 2 is 1.89 bits per heavy atom. The Hall–Kier alpha value is -1.68. The molecule has 0 aliphatic heterocycles. The zero-order valence-corrected chi connectivity index (χ0v) is 12.0. The number of halogens is 2. The second-order valence-electron chi connectivity index (χ2n) is 4.31. The molecule has 4 heteroatoms. The van der Waals surface area contributed by atoms with E-state index in [0.29, 0.717) is 12.1 Å². The summed E-state index contributed by atoms with van der Waals surface area (Å²) in [5, 5.41) is 5.38. The van der Waals surface area contributed by atoms with Gasteiger partial charge in [-0.25, -0.2) is 4.39 Å². The van der Waals surface area contributed by atoms with Crippen LogP contribution in [0, 0.1) is 5.82 Å². The lowest BCUT2D eigenvalue weighted by Gasteiger charge is -1.98. The maximum atomic E-state index is 14.0. The van der Waals surface area contributed by atoms with Crippen LogP contribution in [-0.4, -0.2) is 9.78 Å². The van der Waals surface area contributed by atoms with Gasteiger partial charge in [0, 0.05) is 22.0 Å². The van der Waals surface area contributed by atoms with Crippen molar-refractivity contribution in [3.05, 3.63) is 52.8 Å². The van der Waals surface area contributed by atoms with Gasteiger partial charge < -0.3 is 0 Å². The molecule has 3 rings (SSSR count). The van der Waals surface area contributed by atoms with Gasteiger partial charge in [-0.1, -0.05) is 40.2 Å². The summed E-state index contributed by atoms with van der Waals surface area (Å²) in [5.74, 6) is -0.227. The van der Waals surface area contributed by atoms with Crippen molar-refractivity contribution in [1.29, 1.82) is 0 Å². The number of nitrogens with zero attached hydrogens (tertiary/aromatic N) is 2. The summed E-state index contributed by atoms with van der Waals surface area (Å²) in [6.07, 6.45) is 0. The van der Waals surface area contributed by atoms with Gasteiger partial charge in [0.05, 0.1) is 0 Å². The number of rotatable bonds is 2. The van der Waals surface area contributed by atoms with Gasteiger partial charge in [-0.2, -0.15) is 5.10 Å². The lowest BCUT2D eigenvalue weighted by molar-refractivity contribution is 0.610. The molecule has 2 aromatic carbocycles. The molecule has 0 fully saturated rings. The van der Waals surface area contributed by atoms with Crippen molar-refractivity contribution in [1.82, 2.24) is 9.78 Å². The van der Waals surface area contributed by atoms with Crippen molar-refractivity contribution >= 4 is 26.8 Å². The first kappa shape index (κ1) is 12.4. The molecule has 96 valence electrons. The van der Waals surface area contributed by atoms with Crippen molar-refractivity contribution in [2.45, 2.75) is 13.5 Å². The molecule has 0 aliphatic rings. The van der Waals surface area contributed by atoms with Gasteiger partial charge in [-0.15, -0.1) is 0 Å². The van der Waals surface area contributed by atoms with Gasteiger partial charge in [0.1, 0.15) is 17.0 Å². The summed E-state index contributed by atoms with van der Waals surface area (Å²) < 4.78 is 16.7. The second kappa shape index (κ2) is 4.78. The fourth-order valence-electron chi connectivity index (χ4n) is 2.24. The van der Waals surface area contributed by atoms with Gasteiger partial charge in [0.2, 0.25) is 0 Å². The quantitative estimate of drug-likeness (QED) is 0.674. The summed E-state index contributed by atoms with van der Waals surface area (Å²) in [6.45, 7) is 2.61. The third-order valence-electron chi connectivity index (χ3n) is 3.14. The summed E-state index contributed by atoms with van der Waals surface area (Å²) in [7, 11) is 0. The third kappa shape index (κ3) is 2.06. The molecule has 0 radical (unpaired) electrons. The standard InChI is InChI=1S/C15H12BrFN2/c1-2-19-15-12(4-3-5-13(15)17)14(18-19)10-6-8-11(16)9-7-10/h3-9H,2H2,1H3. The lowest BCUT2D eigenvalue weighted by Crippen LogP contribution is -1.97. The first-order valence-corrected chi connectivity index (χ1v) is 6.91. The molecule has 0 unspecified atom stereocenters. The van der Waals surface area contributed by atoms with Crippen LogP contribution in [0.4, 0.5) is 4.39 Å². The van der Waals surface area contributed by atoms with Crippen molar-refractivity contribution < 1.29 is 4.39 Å². The van der Waals surface area contributed by atoms with Gasteiger partial charge in [0.25, 0.3) is 0 Å². The molecule has 1 heterocycles. The van der Waals surface area contributed by atoms with Crippen molar-refractivity contribution in [2.24, 2.45) is 0 Å². The van der Waals surface area contributed by atoms with Crippen LogP contribution in [0.2, 0.25) is 0 Å². The molecule has 0 bridgehead atoms. The topological polar surface area (TPSA) is 17.8 Å². The minimum absolute atomic E-state index is 0.227. The lowest BCUT2D eigenvalue weighted by atomic mass is 10.1. The first-order chi connectivity index (χ1) is 9.20. The molecule has 0 aliphatic carbocycles. The molecular weight excluding hydrogens is 307 g/mol. The molecule has 0 saturated carbocycles. The summed E-state index contributed by atoms with van der Waals surface area (Å²) in [6, 6.07) is 13.0. The minimum Gasteiger partial charge on any atom is -0.262 e. The summed E-state index contributed by atoms with van der Waals surface area (Å²) in [4.78, 5) is 0. The van der Waals surface area contributed by atoms with E-state index in [1.54, 1.807) is 10.7 Å². The van der Waals surface area contributed by atoms with E-state index < -0.39 is 0 Å². The van der Waals surface area contributed by atoms with Crippen LogP contribution < -0.4 is 0 Å². The van der Waals surface area contributed by atoms with Crippen LogP contribution >= 0.6 is 15.9 Å². The van der Waals surface area contributed by atoms with Crippen molar-refractivity contribution in [2.75, 3.05) is 0 Å². The maximum absolute atomic E-state index is 14.0. The zero-order chi connectivity index (χ0) is 13.4. The van der Waals surface area contributed by atoms with Crippen LogP contribution in [0.25, 0.3) is 22.2 Å². The highest BCUT2D eigenvalue weighted by atomic mass is 79.9. The molecule has 19 heavy (non-hydrogen) atoms. The minimum atomic E-state index is -0.227. The number of para-hydroxylation sites is 1. The van der Waals surface area contributed by atoms with Crippen LogP contribution in [0.15, 0.2) is 46.9 Å². The van der Waals surface area contributed by atoms with E-state index in [1.807, 2.05) is 37.3 Å². The highest BCUT2D eigenvalue weighted by Gasteiger charge is 2.14. The molecule has 0 spiro atoms. The van der Waals surface area contributed by atoms with Crippen molar-refractivity contribution in [3.8, 4) is 11.3 Å². The number of hydrogen-bond donors (Lipinski definition) is 0. The van der Waals surface area contributed by atoms with Gasteiger partial charge in [-0.05, 0) is 25.1 Å². The fraction of sp³-hybridized carbons (Fsp3) is 0.133. The average Bonchev–Trinajstić information content (AvgIpc) is 2.80. The Morgan fingerprint density at radius 1 is 1.16 bits per heavy atom. The molecule has 0 N–H and O–H groups in total. The highest BCUT2D eigenvalue weighted by molar-refractivity contribution is 9.10. The molecule has 3 aromatic rings. The molecule has 1 aromatic heterocycles. The number of hydrogen-bond acceptors (Lipinski definition) is 1. The second-order valence-corrected chi connectivity index (χ2v) is 5.22. The van der Waals surface area contributed by atoms with E-state index in [4.69, 9.17) is 0 Å². The zero-order valence-electron chi connectivity index (χ0n) is 10.4. The number of aromatic nitrogens is 2. The number of benzene rings is 2. The summed E-state index contributed by atoms with van der Waals surface area (Å²) in [5.41, 5.74) is 2.39. The van der Waals surface area contributed by atoms with Crippen molar-refractivity contribution in [3.63, 3.8) is 0 Å². The van der Waals surface area contributed by atoms with Crippen LogP contribution in [-0.2, 0) is 6.54 Å². The van der Waals surface area contributed by atoms with E-state index in [0.717, 1.165) is 21.1 Å². The first-order valence-electron chi connectivity index (χ1n) is 6.11. The van der Waals surface area contributed by atoms with Crippen LogP contribution in [0.5, 0.6) is 0 Å². The monoisotopic (exact) mass is 318 g/mol. The third-order valence-corrected chi connectivity index (χ3v) is 3.67. The Labute approximate surface area is 119 Å². The van der Waals surface area contributed by atoms with Crippen LogP contribution in [0.1, 0.15) is 6.92 Å². The largest absolute Gasteiger partial charge is 0.262 e. The van der Waals surface area contributed by atoms with Gasteiger partial charge in [0.15, 0.2) is 0 Å². The van der Waals surface area contributed by atoms with E-state index in [9.17, 15) is 4.39 Å². The van der Waals surface area contributed by atoms with E-state index >= 15 is 0 Å². The summed E-state index contributed by atoms with van der Waals surface area (Å²) >= 11 is 3.41. The fourth-order valence-corrected chi connectivity index (χ4v) is 2.51. The molecule has 2 nitrogen and oxygen atoms in total. The Morgan fingerprint density at radius 3 is 2.58 bits per heavy atom. The smallest absolute Gasteiger partial charge is 0.149 e. The van der Waals surface area contributed by atoms with Gasteiger partial charge >= 0.3 is 0 Å². The normalized spacial score (nSPS) is 11.1. The average molecular weight is 319 g/mol. The number of aryl methyl sites for hydroxylation is 1. The maximum Gasteiger partial charge on any atom is 0.149 e. The predicted molar refractivity (Wildman–Crippen MR) is 78.5 cm³/mol. The predicted octanol–water partition coefficient (Wildman–Crippen LogP) is 4.62. The van der Waals surface area contributed by atoms with E-state index in [-0.39, 0.29) is 5.82 Å². The highest BCUT2D eigenvalue weighted by Crippen LogP contribution is 2.30. The Kier molecular flexibility index (Phi) is 3.11. The molecule has 0 saturated heterocycles. The van der Waals surface area contributed by atoms with Crippen LogP contribution in [0.3, 0.4) is 0 Å². The SMILES string of the molecule is CCn1nc(-c2ccc(Br)cc2)c2cccc(F)c21. The Bertz CT molecular complexity index is 732. The molecule has 0 amide bonds.